The smallest absolute Gasteiger partial charge is 0.253 e. The van der Waals surface area contributed by atoms with E-state index in [4.69, 9.17) is 5.73 Å². The minimum atomic E-state index is -0.238. The Hall–Kier alpha value is -2.21. The second-order valence-corrected chi connectivity index (χ2v) is 10.9. The summed E-state index contributed by atoms with van der Waals surface area (Å²) in [5.41, 5.74) is 7.71. The molecular weight excluding hydrogens is 438 g/mol. The molecular formula is C29H47N3O3. The number of nitrogens with two attached hydrogens (primary N) is 1. The lowest BCUT2D eigenvalue weighted by molar-refractivity contribution is -0.124. The van der Waals surface area contributed by atoms with Crippen LogP contribution in [-0.2, 0) is 4.79 Å². The third-order valence-electron chi connectivity index (χ3n) is 6.87. The summed E-state index contributed by atoms with van der Waals surface area (Å²) in [4.78, 5) is 40.6. The van der Waals surface area contributed by atoms with Crippen LogP contribution in [-0.4, -0.2) is 48.2 Å². The molecule has 0 heterocycles. The van der Waals surface area contributed by atoms with Crippen molar-refractivity contribution in [1.29, 1.82) is 0 Å². The number of benzene rings is 1. The molecule has 1 aromatic rings. The van der Waals surface area contributed by atoms with Gasteiger partial charge in [0, 0.05) is 49.1 Å². The van der Waals surface area contributed by atoms with Gasteiger partial charge in [-0.15, -0.1) is 0 Å². The van der Waals surface area contributed by atoms with Gasteiger partial charge in [-0.2, -0.15) is 0 Å². The Kier molecular flexibility index (Phi) is 11.9. The highest BCUT2D eigenvalue weighted by molar-refractivity contribution is 6.00. The Morgan fingerprint density at radius 1 is 1.03 bits per heavy atom. The zero-order chi connectivity index (χ0) is 26.0. The van der Waals surface area contributed by atoms with Crippen LogP contribution in [0.1, 0.15) is 100 Å². The van der Waals surface area contributed by atoms with Gasteiger partial charge in [-0.3, -0.25) is 14.4 Å². The summed E-state index contributed by atoms with van der Waals surface area (Å²) >= 11 is 0. The first-order valence-electron chi connectivity index (χ1n) is 13.6. The maximum Gasteiger partial charge on any atom is 0.253 e. The second-order valence-electron chi connectivity index (χ2n) is 10.9. The predicted molar refractivity (Wildman–Crippen MR) is 142 cm³/mol. The average Bonchev–Trinajstić information content (AvgIpc) is 3.65. The van der Waals surface area contributed by atoms with Crippen LogP contribution in [0, 0.1) is 23.7 Å². The summed E-state index contributed by atoms with van der Waals surface area (Å²) in [6.07, 6.45) is 5.91. The minimum Gasteiger partial charge on any atom is -0.356 e. The molecule has 2 amide bonds. The van der Waals surface area contributed by atoms with Crippen LogP contribution in [0.15, 0.2) is 24.3 Å². The Morgan fingerprint density at radius 2 is 1.66 bits per heavy atom. The van der Waals surface area contributed by atoms with Crippen LogP contribution >= 0.6 is 0 Å². The first-order chi connectivity index (χ1) is 16.7. The van der Waals surface area contributed by atoms with Gasteiger partial charge in [0.05, 0.1) is 0 Å². The average molecular weight is 486 g/mol. The summed E-state index contributed by atoms with van der Waals surface area (Å²) in [6.45, 7) is 12.5. The van der Waals surface area contributed by atoms with Gasteiger partial charge in [-0.05, 0) is 68.4 Å². The number of hydrogen-bond acceptors (Lipinski definition) is 4. The Bertz CT molecular complexity index is 828. The van der Waals surface area contributed by atoms with Gasteiger partial charge < -0.3 is 16.0 Å². The lowest BCUT2D eigenvalue weighted by Crippen LogP contribution is -2.39. The zero-order valence-electron chi connectivity index (χ0n) is 22.5. The van der Waals surface area contributed by atoms with Crippen LogP contribution < -0.4 is 11.1 Å². The number of carbonyl (C=O) groups excluding carboxylic acids is 3. The third kappa shape index (κ3) is 9.75. The van der Waals surface area contributed by atoms with Gasteiger partial charge >= 0.3 is 0 Å². The molecule has 0 spiro atoms. The molecule has 1 aliphatic carbocycles. The van der Waals surface area contributed by atoms with Crippen molar-refractivity contribution in [2.24, 2.45) is 29.4 Å². The van der Waals surface area contributed by atoms with Crippen molar-refractivity contribution >= 4 is 17.6 Å². The van der Waals surface area contributed by atoms with Crippen LogP contribution in [0.25, 0.3) is 0 Å². The standard InChI is InChI=1S/C29H47N3O3/c1-6-13-32(14-7-2)29(35)24-10-8-9-23(17-24)27(33)18-25(15-20(3)4)26(30)16-21(5)28(34)31-19-22-11-12-22/h8-10,17,20-22,25-26H,6-7,11-16,18-19,30H2,1-5H3,(H,31,34)/t21-,25-,26+/m1/s1. The molecule has 1 fully saturated rings. The molecule has 0 unspecified atom stereocenters. The highest BCUT2D eigenvalue weighted by Gasteiger charge is 2.28. The van der Waals surface area contributed by atoms with E-state index in [0.29, 0.717) is 48.9 Å². The molecule has 1 saturated carbocycles. The SMILES string of the molecule is CCCN(CCC)C(=O)c1cccc(C(=O)C[C@@H](CC(C)C)[C@@H](N)C[C@@H](C)C(=O)NCC2CC2)c1. The summed E-state index contributed by atoms with van der Waals surface area (Å²) < 4.78 is 0. The fourth-order valence-corrected chi connectivity index (χ4v) is 4.68. The molecule has 0 bridgehead atoms. The molecule has 6 nitrogen and oxygen atoms in total. The van der Waals surface area contributed by atoms with Crippen LogP contribution in [0.4, 0.5) is 0 Å². The number of nitrogens with one attached hydrogen (secondary N) is 1. The van der Waals surface area contributed by atoms with Gasteiger partial charge in [0.1, 0.15) is 0 Å². The number of Topliss-reactive ketones (excluding diaryl/α,β-unsaturated/α-hetero) is 1. The number of amides is 2. The van der Waals surface area contributed by atoms with E-state index in [-0.39, 0.29) is 35.5 Å². The van der Waals surface area contributed by atoms with Crippen molar-refractivity contribution in [1.82, 2.24) is 10.2 Å². The molecule has 1 aromatic carbocycles. The van der Waals surface area contributed by atoms with Gasteiger partial charge in [-0.25, -0.2) is 0 Å². The van der Waals surface area contributed by atoms with Gasteiger partial charge in [0.15, 0.2) is 5.78 Å². The normalized spacial score (nSPS) is 16.0. The highest BCUT2D eigenvalue weighted by Crippen LogP contribution is 2.28. The van der Waals surface area contributed by atoms with E-state index in [2.05, 4.69) is 33.0 Å². The lowest BCUT2D eigenvalue weighted by atomic mass is 9.82. The number of ketones is 1. The molecule has 0 aromatic heterocycles. The first kappa shape index (κ1) is 29.0. The quantitative estimate of drug-likeness (QED) is 0.320. The summed E-state index contributed by atoms with van der Waals surface area (Å²) in [7, 11) is 0. The molecule has 0 radical (unpaired) electrons. The Morgan fingerprint density at radius 3 is 2.23 bits per heavy atom. The largest absolute Gasteiger partial charge is 0.356 e. The van der Waals surface area contributed by atoms with Crippen molar-refractivity contribution in [3.05, 3.63) is 35.4 Å². The van der Waals surface area contributed by atoms with E-state index < -0.39 is 0 Å². The number of nitrogens with zero attached hydrogens (tertiary/aromatic N) is 1. The van der Waals surface area contributed by atoms with Crippen LogP contribution in [0.5, 0.6) is 0 Å². The number of rotatable bonds is 16. The van der Waals surface area contributed by atoms with E-state index in [9.17, 15) is 14.4 Å². The van der Waals surface area contributed by atoms with Gasteiger partial charge in [0.2, 0.25) is 5.91 Å². The van der Waals surface area contributed by atoms with Crippen LogP contribution in [0.3, 0.4) is 0 Å². The monoisotopic (exact) mass is 485 g/mol. The van der Waals surface area contributed by atoms with Crippen molar-refractivity contribution < 1.29 is 14.4 Å². The van der Waals surface area contributed by atoms with Crippen molar-refractivity contribution in [2.75, 3.05) is 19.6 Å². The minimum absolute atomic E-state index is 0.00382. The molecule has 3 atom stereocenters. The summed E-state index contributed by atoms with van der Waals surface area (Å²) in [5, 5.41) is 3.04. The van der Waals surface area contributed by atoms with Crippen LogP contribution in [0.2, 0.25) is 0 Å². The molecule has 35 heavy (non-hydrogen) atoms. The van der Waals surface area contributed by atoms with E-state index >= 15 is 0 Å². The molecule has 1 aliphatic rings. The molecule has 196 valence electrons. The maximum atomic E-state index is 13.3. The topological polar surface area (TPSA) is 92.5 Å². The lowest BCUT2D eigenvalue weighted by Gasteiger charge is -2.27. The highest BCUT2D eigenvalue weighted by atomic mass is 16.2. The summed E-state index contributed by atoms with van der Waals surface area (Å²) in [6, 6.07) is 6.86. The van der Waals surface area contributed by atoms with Crippen molar-refractivity contribution in [3.63, 3.8) is 0 Å². The van der Waals surface area contributed by atoms with E-state index in [1.165, 1.54) is 12.8 Å². The van der Waals surface area contributed by atoms with E-state index in [1.807, 2.05) is 11.8 Å². The molecule has 2 rings (SSSR count). The Balaban J connectivity index is 2.05. The summed E-state index contributed by atoms with van der Waals surface area (Å²) in [5.74, 6) is 0.868. The second kappa shape index (κ2) is 14.4. The first-order valence-corrected chi connectivity index (χ1v) is 13.6. The predicted octanol–water partition coefficient (Wildman–Crippen LogP) is 5.06. The fraction of sp³-hybridized carbons (Fsp3) is 0.690. The van der Waals surface area contributed by atoms with Gasteiger partial charge in [0.25, 0.3) is 5.91 Å². The van der Waals surface area contributed by atoms with Crippen molar-refractivity contribution in [3.8, 4) is 0 Å². The molecule has 0 aliphatic heterocycles. The number of hydrogen-bond donors (Lipinski definition) is 2. The molecule has 3 N–H and O–H groups in total. The maximum absolute atomic E-state index is 13.3. The van der Waals surface area contributed by atoms with Gasteiger partial charge in [-0.1, -0.05) is 46.8 Å². The Labute approximate surface area is 212 Å². The van der Waals surface area contributed by atoms with Crippen molar-refractivity contribution in [2.45, 2.75) is 85.6 Å². The number of carbonyl (C=O) groups is 3. The molecule has 0 saturated heterocycles. The van der Waals surface area contributed by atoms with E-state index in [0.717, 1.165) is 25.8 Å². The zero-order valence-corrected chi connectivity index (χ0v) is 22.5. The fourth-order valence-electron chi connectivity index (χ4n) is 4.68. The molecule has 6 heteroatoms. The third-order valence-corrected chi connectivity index (χ3v) is 6.87. The van der Waals surface area contributed by atoms with E-state index in [1.54, 1.807) is 24.3 Å².